The van der Waals surface area contributed by atoms with Gasteiger partial charge in [-0.2, -0.15) is 10.3 Å². The third-order valence-corrected chi connectivity index (χ3v) is 6.99. The third kappa shape index (κ3) is 10.9. The summed E-state index contributed by atoms with van der Waals surface area (Å²) in [5.41, 5.74) is -1.78. The lowest BCUT2D eigenvalue weighted by molar-refractivity contribution is -0.148. The molecule has 2 aromatic rings. The monoisotopic (exact) mass is 600 g/mol. The minimum Gasteiger partial charge on any atom is -0.464 e. The molecule has 3 N–H and O–H groups in total. The average Bonchev–Trinajstić information content (AvgIpc) is 2.85. The van der Waals surface area contributed by atoms with Gasteiger partial charge in [-0.1, -0.05) is 32.4 Å². The molecule has 220 valence electrons. The number of aromatic amines is 1. The maximum absolute atomic E-state index is 13.8. The molecule has 0 bridgehead atoms. The van der Waals surface area contributed by atoms with Gasteiger partial charge in [0.25, 0.3) is 5.56 Å². The molecule has 0 fully saturated rings. The standard InChI is InChI=1S/C25H34ClN4O9P/c1-16(23(33)36-15-25(3,4)5)29-40(35,39-19-8-6-18(26)7-9-19)37-14-20(17(2)31)38-22(10-12-27)30-13-11-21(32)28-24(30)34/h6-9,11,13,16-17,20,22,31H,10,14-15H2,1-5H3,(H,29,35)(H,28,32,34)/t16-,17-,20+,22+,40?/m0/s1. The molecule has 0 aliphatic rings. The number of nitrogens with one attached hydrogen (secondary N) is 2. The normalized spacial score (nSPS) is 16.1. The Morgan fingerprint density at radius 2 is 1.88 bits per heavy atom. The summed E-state index contributed by atoms with van der Waals surface area (Å²) in [6.45, 7) is 7.98. The fourth-order valence-corrected chi connectivity index (χ4v) is 4.66. The van der Waals surface area contributed by atoms with E-state index in [1.54, 1.807) is 0 Å². The Labute approximate surface area is 236 Å². The van der Waals surface area contributed by atoms with Gasteiger partial charge in [0, 0.05) is 17.3 Å². The first-order valence-electron chi connectivity index (χ1n) is 12.3. The van der Waals surface area contributed by atoms with Gasteiger partial charge in [0.05, 0.1) is 31.8 Å². The largest absolute Gasteiger partial charge is 0.464 e. The molecule has 1 unspecified atom stereocenters. The van der Waals surface area contributed by atoms with Crippen LogP contribution >= 0.6 is 19.3 Å². The van der Waals surface area contributed by atoms with Crippen molar-refractivity contribution in [1.82, 2.24) is 14.6 Å². The highest BCUT2D eigenvalue weighted by atomic mass is 35.5. The molecule has 0 aliphatic heterocycles. The van der Waals surface area contributed by atoms with Crippen molar-refractivity contribution in [3.05, 3.63) is 62.4 Å². The van der Waals surface area contributed by atoms with Crippen LogP contribution in [0.1, 0.15) is 47.3 Å². The van der Waals surface area contributed by atoms with Crippen LogP contribution in [-0.2, 0) is 23.4 Å². The Bertz CT molecular complexity index is 1330. The van der Waals surface area contributed by atoms with Crippen LogP contribution in [0.2, 0.25) is 5.02 Å². The number of nitrogens with zero attached hydrogens (tertiary/aromatic N) is 2. The summed E-state index contributed by atoms with van der Waals surface area (Å²) >= 11 is 5.92. The molecule has 0 aliphatic carbocycles. The highest BCUT2D eigenvalue weighted by Gasteiger charge is 2.35. The number of halogens is 1. The van der Waals surface area contributed by atoms with E-state index in [0.717, 1.165) is 16.8 Å². The lowest BCUT2D eigenvalue weighted by Crippen LogP contribution is -2.40. The predicted octanol–water partition coefficient (Wildman–Crippen LogP) is 3.14. The Kier molecular flexibility index (Phi) is 12.1. The molecule has 1 aromatic heterocycles. The SMILES string of the molecule is C[C@H](NP(=O)(OC[C@@H](O[C@H](CC#N)n1ccc(=O)[nH]c1=O)[C@H](C)O)Oc1ccc(Cl)cc1)C(=O)OCC(C)(C)C. The van der Waals surface area contributed by atoms with Crippen molar-refractivity contribution in [2.24, 2.45) is 5.41 Å². The van der Waals surface area contributed by atoms with E-state index >= 15 is 0 Å². The summed E-state index contributed by atoms with van der Waals surface area (Å²) in [6.07, 6.45) is -2.89. The van der Waals surface area contributed by atoms with Crippen molar-refractivity contribution >= 4 is 25.3 Å². The van der Waals surface area contributed by atoms with Gasteiger partial charge in [-0.25, -0.2) is 9.36 Å². The minimum atomic E-state index is -4.34. The van der Waals surface area contributed by atoms with E-state index in [1.807, 2.05) is 26.8 Å². The summed E-state index contributed by atoms with van der Waals surface area (Å²) in [4.78, 5) is 38.3. The van der Waals surface area contributed by atoms with Crippen molar-refractivity contribution in [1.29, 1.82) is 5.26 Å². The number of aliphatic hydroxyl groups excluding tert-OH is 1. The predicted molar refractivity (Wildman–Crippen MR) is 146 cm³/mol. The number of carbonyl (C=O) groups excluding carboxylic acids is 1. The number of nitriles is 1. The van der Waals surface area contributed by atoms with Crippen molar-refractivity contribution in [3.8, 4) is 11.8 Å². The first kappa shape index (κ1) is 33.2. The topological polar surface area (TPSA) is 182 Å². The summed E-state index contributed by atoms with van der Waals surface area (Å²) in [5, 5.41) is 22.5. The second-order valence-electron chi connectivity index (χ2n) is 10.1. The first-order chi connectivity index (χ1) is 18.6. The van der Waals surface area contributed by atoms with E-state index in [0.29, 0.717) is 5.02 Å². The number of aromatic nitrogens is 2. The van der Waals surface area contributed by atoms with Crippen molar-refractivity contribution in [2.45, 2.75) is 65.5 Å². The van der Waals surface area contributed by atoms with Crippen LogP contribution in [0, 0.1) is 16.7 Å². The number of benzene rings is 1. The number of esters is 1. The highest BCUT2D eigenvalue weighted by molar-refractivity contribution is 7.52. The quantitative estimate of drug-likeness (QED) is 0.214. The van der Waals surface area contributed by atoms with Crippen molar-refractivity contribution < 1.29 is 33.0 Å². The van der Waals surface area contributed by atoms with Gasteiger partial charge in [-0.05, 0) is 43.5 Å². The van der Waals surface area contributed by atoms with Gasteiger partial charge in [0.1, 0.15) is 17.9 Å². The number of rotatable bonds is 14. The molecular weight excluding hydrogens is 567 g/mol. The Morgan fingerprint density at radius 1 is 1.23 bits per heavy atom. The molecule has 13 nitrogen and oxygen atoms in total. The number of hydrogen-bond acceptors (Lipinski definition) is 10. The van der Waals surface area contributed by atoms with Crippen LogP contribution in [0.3, 0.4) is 0 Å². The molecule has 15 heteroatoms. The minimum absolute atomic E-state index is 0.104. The van der Waals surface area contributed by atoms with Gasteiger partial charge in [0.2, 0.25) is 0 Å². The van der Waals surface area contributed by atoms with Crippen molar-refractivity contribution in [3.63, 3.8) is 0 Å². The molecule has 0 saturated heterocycles. The fraction of sp³-hybridized carbons (Fsp3) is 0.520. The average molecular weight is 601 g/mol. The van der Waals surface area contributed by atoms with Crippen LogP contribution in [-0.4, -0.2) is 52.1 Å². The lowest BCUT2D eigenvalue weighted by atomic mass is 9.99. The molecule has 0 radical (unpaired) electrons. The molecule has 0 saturated carbocycles. The number of hydrogen-bond donors (Lipinski definition) is 3. The maximum Gasteiger partial charge on any atom is 0.459 e. The van der Waals surface area contributed by atoms with E-state index in [9.17, 15) is 29.3 Å². The van der Waals surface area contributed by atoms with Gasteiger partial charge >= 0.3 is 19.4 Å². The summed E-state index contributed by atoms with van der Waals surface area (Å²) in [7, 11) is -4.34. The van der Waals surface area contributed by atoms with Gasteiger partial charge in [-0.3, -0.25) is 23.7 Å². The number of ether oxygens (including phenoxy) is 2. The maximum atomic E-state index is 13.8. The van der Waals surface area contributed by atoms with Gasteiger partial charge in [-0.15, -0.1) is 0 Å². The zero-order valence-corrected chi connectivity index (χ0v) is 24.5. The molecule has 0 spiro atoms. The molecule has 1 aromatic carbocycles. The number of carbonyl (C=O) groups is 1. The van der Waals surface area contributed by atoms with Gasteiger partial charge < -0.3 is 19.1 Å². The van der Waals surface area contributed by atoms with Crippen LogP contribution < -0.4 is 20.9 Å². The molecule has 5 atom stereocenters. The summed E-state index contributed by atoms with van der Waals surface area (Å²) in [6, 6.07) is 7.69. The molecule has 0 amide bonds. The Morgan fingerprint density at radius 3 is 2.42 bits per heavy atom. The first-order valence-corrected chi connectivity index (χ1v) is 14.2. The smallest absolute Gasteiger partial charge is 0.459 e. The second kappa shape index (κ2) is 14.6. The fourth-order valence-electron chi connectivity index (χ4n) is 3.04. The second-order valence-corrected chi connectivity index (χ2v) is 12.2. The molecule has 1 heterocycles. The van der Waals surface area contributed by atoms with E-state index in [-0.39, 0.29) is 24.2 Å². The highest BCUT2D eigenvalue weighted by Crippen LogP contribution is 2.45. The number of aliphatic hydroxyl groups is 1. The van der Waals surface area contributed by atoms with Crippen LogP contribution in [0.5, 0.6) is 5.75 Å². The zero-order valence-electron chi connectivity index (χ0n) is 22.8. The molecule has 40 heavy (non-hydrogen) atoms. The van der Waals surface area contributed by atoms with Crippen molar-refractivity contribution in [2.75, 3.05) is 13.2 Å². The Balaban J connectivity index is 2.27. The molecule has 2 rings (SSSR count). The van der Waals surface area contributed by atoms with Crippen LogP contribution in [0.25, 0.3) is 0 Å². The number of H-pyrrole nitrogens is 1. The molecular formula is C25H34ClN4O9P. The van der Waals surface area contributed by atoms with E-state index in [4.69, 9.17) is 30.1 Å². The van der Waals surface area contributed by atoms with E-state index < -0.39 is 56.0 Å². The Hall–Kier alpha value is -2.98. The zero-order chi connectivity index (χ0) is 30.1. The van der Waals surface area contributed by atoms with Crippen LogP contribution in [0.15, 0.2) is 46.1 Å². The van der Waals surface area contributed by atoms with Gasteiger partial charge in [0.15, 0.2) is 6.23 Å². The summed E-state index contributed by atoms with van der Waals surface area (Å²) in [5.74, 6) is -0.597. The van der Waals surface area contributed by atoms with E-state index in [1.165, 1.54) is 38.1 Å². The lowest BCUT2D eigenvalue weighted by Gasteiger charge is -2.29. The van der Waals surface area contributed by atoms with E-state index in [2.05, 4.69) is 10.1 Å². The summed E-state index contributed by atoms with van der Waals surface area (Å²) < 4.78 is 37.0. The van der Waals surface area contributed by atoms with Crippen LogP contribution in [0.4, 0.5) is 0 Å². The third-order valence-electron chi connectivity index (χ3n) is 5.10.